The topological polar surface area (TPSA) is 74.4 Å². The molecule has 0 aliphatic rings. The van der Waals surface area contributed by atoms with Crippen LogP contribution < -0.4 is 10.2 Å². The summed E-state index contributed by atoms with van der Waals surface area (Å²) in [6.45, 7) is 8.93. The van der Waals surface area contributed by atoms with Crippen LogP contribution in [0.25, 0.3) is 0 Å². The number of aliphatic hydroxyl groups is 1. The number of nitrogens with one attached hydrogen (secondary N) is 1. The van der Waals surface area contributed by atoms with Gasteiger partial charge in [0.25, 0.3) is 0 Å². The molecular weight excluding hydrogens is 232 g/mol. The van der Waals surface area contributed by atoms with E-state index >= 15 is 0 Å². The first-order chi connectivity index (χ1) is 8.33. The summed E-state index contributed by atoms with van der Waals surface area (Å²) in [6.07, 6.45) is 1.06. The normalized spacial score (nSPS) is 13.7. The van der Waals surface area contributed by atoms with E-state index in [4.69, 9.17) is 4.42 Å². The summed E-state index contributed by atoms with van der Waals surface area (Å²) in [4.78, 5) is 1.75. The zero-order valence-electron chi connectivity index (χ0n) is 11.9. The Balaban J connectivity index is 2.62. The van der Waals surface area contributed by atoms with Crippen LogP contribution in [-0.4, -0.2) is 41.0 Å². The van der Waals surface area contributed by atoms with Crippen LogP contribution in [0.15, 0.2) is 4.42 Å². The van der Waals surface area contributed by atoms with Crippen LogP contribution in [0.4, 0.5) is 6.01 Å². The molecule has 1 heterocycles. The lowest BCUT2D eigenvalue weighted by Gasteiger charge is -2.23. The molecule has 0 saturated carbocycles. The van der Waals surface area contributed by atoms with Gasteiger partial charge in [-0.15, -0.1) is 5.10 Å². The van der Waals surface area contributed by atoms with Crippen molar-refractivity contribution in [3.05, 3.63) is 5.89 Å². The number of hydrogen-bond donors (Lipinski definition) is 2. The van der Waals surface area contributed by atoms with Crippen molar-refractivity contribution >= 4 is 6.01 Å². The molecule has 104 valence electrons. The van der Waals surface area contributed by atoms with E-state index < -0.39 is 5.60 Å². The Labute approximate surface area is 108 Å². The van der Waals surface area contributed by atoms with Crippen molar-refractivity contribution in [2.75, 3.05) is 25.0 Å². The third-order valence-corrected chi connectivity index (χ3v) is 2.45. The maximum absolute atomic E-state index is 9.74. The van der Waals surface area contributed by atoms with E-state index in [0.717, 1.165) is 13.0 Å². The van der Waals surface area contributed by atoms with Gasteiger partial charge in [0.2, 0.25) is 5.89 Å². The van der Waals surface area contributed by atoms with Gasteiger partial charge in [-0.3, -0.25) is 0 Å². The fraction of sp³-hybridized carbons (Fsp3) is 0.833. The summed E-state index contributed by atoms with van der Waals surface area (Å²) in [5.41, 5.74) is -0.796. The van der Waals surface area contributed by atoms with Gasteiger partial charge < -0.3 is 19.7 Å². The SMILES string of the molecule is CCCNC(C)c1nnc(N(C)CC(C)(C)O)o1. The van der Waals surface area contributed by atoms with Crippen molar-refractivity contribution in [3.8, 4) is 0 Å². The number of nitrogens with zero attached hydrogens (tertiary/aromatic N) is 3. The molecule has 0 amide bonds. The monoisotopic (exact) mass is 256 g/mol. The molecule has 0 radical (unpaired) electrons. The average Bonchev–Trinajstić information content (AvgIpc) is 2.72. The van der Waals surface area contributed by atoms with Gasteiger partial charge in [-0.05, 0) is 33.7 Å². The van der Waals surface area contributed by atoms with E-state index in [2.05, 4.69) is 22.4 Å². The minimum Gasteiger partial charge on any atom is -0.406 e. The summed E-state index contributed by atoms with van der Waals surface area (Å²) in [6, 6.07) is 0.471. The van der Waals surface area contributed by atoms with Gasteiger partial charge in [0.1, 0.15) is 0 Å². The molecule has 0 fully saturated rings. The summed E-state index contributed by atoms with van der Waals surface area (Å²) < 4.78 is 5.58. The zero-order valence-corrected chi connectivity index (χ0v) is 11.9. The number of hydrogen-bond acceptors (Lipinski definition) is 6. The molecule has 0 bridgehead atoms. The number of aromatic nitrogens is 2. The highest BCUT2D eigenvalue weighted by molar-refractivity contribution is 5.23. The van der Waals surface area contributed by atoms with Crippen LogP contribution in [0.5, 0.6) is 0 Å². The van der Waals surface area contributed by atoms with Crippen molar-refractivity contribution < 1.29 is 9.52 Å². The lowest BCUT2D eigenvalue weighted by Crippen LogP contribution is -2.36. The first-order valence-corrected chi connectivity index (χ1v) is 6.34. The van der Waals surface area contributed by atoms with Crippen LogP contribution in [0.1, 0.15) is 46.0 Å². The summed E-state index contributed by atoms with van der Waals surface area (Å²) in [5.74, 6) is 0.570. The minimum absolute atomic E-state index is 0.0433. The Bertz CT molecular complexity index is 359. The Kier molecular flexibility index (Phi) is 5.10. The van der Waals surface area contributed by atoms with Crippen molar-refractivity contribution in [2.45, 2.75) is 45.8 Å². The van der Waals surface area contributed by atoms with Gasteiger partial charge in [0, 0.05) is 7.05 Å². The summed E-state index contributed by atoms with van der Waals surface area (Å²) in [5, 5.41) is 21.0. The second kappa shape index (κ2) is 6.15. The van der Waals surface area contributed by atoms with Crippen LogP contribution in [0, 0.1) is 0 Å². The molecule has 0 spiro atoms. The molecule has 1 unspecified atom stereocenters. The second-order valence-corrected chi connectivity index (χ2v) is 5.27. The standard InChI is InChI=1S/C12H24N4O2/c1-6-7-13-9(2)10-14-15-11(18-10)16(5)8-12(3,4)17/h9,13,17H,6-8H2,1-5H3. The Morgan fingerprint density at radius 3 is 2.67 bits per heavy atom. The summed E-state index contributed by atoms with van der Waals surface area (Å²) in [7, 11) is 1.82. The third kappa shape index (κ3) is 4.62. The van der Waals surface area contributed by atoms with E-state index in [-0.39, 0.29) is 6.04 Å². The molecule has 6 nitrogen and oxygen atoms in total. The minimum atomic E-state index is -0.796. The van der Waals surface area contributed by atoms with E-state index in [1.54, 1.807) is 18.7 Å². The molecular formula is C12H24N4O2. The number of likely N-dealkylation sites (N-methyl/N-ethyl adjacent to an activating group) is 1. The molecule has 1 atom stereocenters. The first kappa shape index (κ1) is 14.9. The van der Waals surface area contributed by atoms with E-state index in [0.29, 0.717) is 18.5 Å². The maximum atomic E-state index is 9.74. The van der Waals surface area contributed by atoms with Crippen LogP contribution in [0.2, 0.25) is 0 Å². The number of rotatable bonds is 7. The van der Waals surface area contributed by atoms with Crippen LogP contribution in [0.3, 0.4) is 0 Å². The Hall–Kier alpha value is -1.14. The van der Waals surface area contributed by atoms with E-state index in [1.165, 1.54) is 0 Å². The smallest absolute Gasteiger partial charge is 0.318 e. The lowest BCUT2D eigenvalue weighted by atomic mass is 10.1. The molecule has 0 aromatic carbocycles. The van der Waals surface area contributed by atoms with Crippen molar-refractivity contribution in [2.24, 2.45) is 0 Å². The first-order valence-electron chi connectivity index (χ1n) is 6.34. The molecule has 18 heavy (non-hydrogen) atoms. The van der Waals surface area contributed by atoms with E-state index in [1.807, 2.05) is 14.0 Å². The molecule has 6 heteroatoms. The van der Waals surface area contributed by atoms with Gasteiger partial charge >= 0.3 is 6.01 Å². The van der Waals surface area contributed by atoms with Gasteiger partial charge in [-0.2, -0.15) is 0 Å². The van der Waals surface area contributed by atoms with E-state index in [9.17, 15) is 5.11 Å². The molecule has 2 N–H and O–H groups in total. The average molecular weight is 256 g/mol. The molecule has 0 aliphatic carbocycles. The fourth-order valence-electron chi connectivity index (χ4n) is 1.65. The molecule has 1 aromatic rings. The predicted octanol–water partition coefficient (Wildman–Crippen LogP) is 1.34. The van der Waals surface area contributed by atoms with Crippen LogP contribution in [-0.2, 0) is 0 Å². The highest BCUT2D eigenvalue weighted by Gasteiger charge is 2.20. The highest BCUT2D eigenvalue weighted by atomic mass is 16.4. The maximum Gasteiger partial charge on any atom is 0.318 e. The molecule has 0 saturated heterocycles. The van der Waals surface area contributed by atoms with Gasteiger partial charge in [-0.1, -0.05) is 12.0 Å². The number of anilines is 1. The van der Waals surface area contributed by atoms with Crippen LogP contribution >= 0.6 is 0 Å². The second-order valence-electron chi connectivity index (χ2n) is 5.27. The molecule has 1 rings (SSSR count). The quantitative estimate of drug-likeness (QED) is 0.767. The fourth-order valence-corrected chi connectivity index (χ4v) is 1.65. The van der Waals surface area contributed by atoms with Crippen molar-refractivity contribution in [1.29, 1.82) is 0 Å². The molecule has 0 aliphatic heterocycles. The third-order valence-electron chi connectivity index (χ3n) is 2.45. The van der Waals surface area contributed by atoms with Gasteiger partial charge in [0.05, 0.1) is 18.2 Å². The van der Waals surface area contributed by atoms with Gasteiger partial charge in [0.15, 0.2) is 0 Å². The zero-order chi connectivity index (χ0) is 13.8. The molecule has 1 aromatic heterocycles. The Morgan fingerprint density at radius 1 is 1.44 bits per heavy atom. The van der Waals surface area contributed by atoms with Crippen molar-refractivity contribution in [1.82, 2.24) is 15.5 Å². The van der Waals surface area contributed by atoms with Gasteiger partial charge in [-0.25, -0.2) is 0 Å². The lowest BCUT2D eigenvalue weighted by molar-refractivity contribution is 0.0874. The largest absolute Gasteiger partial charge is 0.406 e. The summed E-state index contributed by atoms with van der Waals surface area (Å²) >= 11 is 0. The Morgan fingerprint density at radius 2 is 2.11 bits per heavy atom. The van der Waals surface area contributed by atoms with Crippen molar-refractivity contribution in [3.63, 3.8) is 0 Å². The predicted molar refractivity (Wildman–Crippen MR) is 70.6 cm³/mol. The highest BCUT2D eigenvalue weighted by Crippen LogP contribution is 2.17.